The van der Waals surface area contributed by atoms with Gasteiger partial charge in [0.2, 0.25) is 0 Å². The Bertz CT molecular complexity index is 493. The lowest BCUT2D eigenvalue weighted by molar-refractivity contribution is 0.102. The Labute approximate surface area is 122 Å². The number of rotatable bonds is 7. The van der Waals surface area contributed by atoms with E-state index in [2.05, 4.69) is 62.4 Å². The van der Waals surface area contributed by atoms with Crippen LogP contribution < -0.4 is 5.06 Å². The molecule has 0 aliphatic carbocycles. The number of hydrogen-bond acceptors (Lipinski definition) is 2. The van der Waals surface area contributed by atoms with Crippen LogP contribution in [0.3, 0.4) is 0 Å². The predicted octanol–water partition coefficient (Wildman–Crippen LogP) is 4.73. The summed E-state index contributed by atoms with van der Waals surface area (Å²) in [6.45, 7) is 5.81. The summed E-state index contributed by atoms with van der Waals surface area (Å²) in [5.41, 5.74) is 3.63. The molecule has 0 saturated carbocycles. The first-order valence-corrected chi connectivity index (χ1v) is 7.30. The highest BCUT2D eigenvalue weighted by atomic mass is 16.7. The Balaban J connectivity index is 2.09. The van der Waals surface area contributed by atoms with Gasteiger partial charge in [0, 0.05) is 0 Å². The molecule has 0 fully saturated rings. The molecule has 20 heavy (non-hydrogen) atoms. The van der Waals surface area contributed by atoms with E-state index in [4.69, 9.17) is 4.84 Å². The van der Waals surface area contributed by atoms with Gasteiger partial charge in [-0.25, -0.2) is 5.06 Å². The molecule has 2 nitrogen and oxygen atoms in total. The maximum absolute atomic E-state index is 5.95. The quantitative estimate of drug-likeness (QED) is 0.532. The zero-order chi connectivity index (χ0) is 14.2. The van der Waals surface area contributed by atoms with Crippen molar-refractivity contribution in [2.75, 3.05) is 11.7 Å². The summed E-state index contributed by atoms with van der Waals surface area (Å²) in [4.78, 5) is 5.95. The zero-order valence-electron chi connectivity index (χ0n) is 12.4. The van der Waals surface area contributed by atoms with E-state index in [1.54, 1.807) is 0 Å². The molecule has 106 valence electrons. The van der Waals surface area contributed by atoms with Gasteiger partial charge in [-0.2, -0.15) is 0 Å². The monoisotopic (exact) mass is 269 g/mol. The van der Waals surface area contributed by atoms with Gasteiger partial charge in [-0.05, 0) is 31.0 Å². The molecule has 0 radical (unpaired) electrons. The number of aryl methyl sites for hydroxylation is 1. The average Bonchev–Trinajstić information content (AvgIpc) is 2.48. The van der Waals surface area contributed by atoms with E-state index < -0.39 is 0 Å². The number of nitrogens with zero attached hydrogens (tertiary/aromatic N) is 1. The van der Waals surface area contributed by atoms with Gasteiger partial charge >= 0.3 is 0 Å². The minimum atomic E-state index is 0.761. The van der Waals surface area contributed by atoms with Crippen molar-refractivity contribution in [2.45, 2.75) is 33.2 Å². The van der Waals surface area contributed by atoms with Crippen molar-refractivity contribution in [3.8, 4) is 0 Å². The van der Waals surface area contributed by atoms with Crippen molar-refractivity contribution >= 4 is 5.69 Å². The fraction of sp³-hybridized carbons (Fsp3) is 0.333. The van der Waals surface area contributed by atoms with Gasteiger partial charge in [0.05, 0.1) is 18.8 Å². The van der Waals surface area contributed by atoms with E-state index in [1.807, 2.05) is 11.1 Å². The van der Waals surface area contributed by atoms with E-state index in [0.717, 1.165) is 31.7 Å². The van der Waals surface area contributed by atoms with Gasteiger partial charge in [0.1, 0.15) is 0 Å². The Morgan fingerprint density at radius 3 is 2.30 bits per heavy atom. The fourth-order valence-electron chi connectivity index (χ4n) is 1.99. The van der Waals surface area contributed by atoms with Crippen LogP contribution in [0.25, 0.3) is 0 Å². The molecule has 0 N–H and O–H groups in total. The Kier molecular flexibility index (Phi) is 5.63. The predicted molar refractivity (Wildman–Crippen MR) is 84.7 cm³/mol. The van der Waals surface area contributed by atoms with Gasteiger partial charge in [-0.1, -0.05) is 61.4 Å². The van der Waals surface area contributed by atoms with Gasteiger partial charge in [-0.3, -0.25) is 4.84 Å². The molecule has 0 heterocycles. The zero-order valence-corrected chi connectivity index (χ0v) is 12.4. The van der Waals surface area contributed by atoms with Crippen LogP contribution in [0.1, 0.15) is 30.9 Å². The Hall–Kier alpha value is -1.80. The second-order valence-electron chi connectivity index (χ2n) is 5.04. The first kappa shape index (κ1) is 14.6. The molecule has 0 amide bonds. The summed E-state index contributed by atoms with van der Waals surface area (Å²) in [5.74, 6) is 0. The molecule has 2 aromatic rings. The summed E-state index contributed by atoms with van der Waals surface area (Å²) in [7, 11) is 0. The maximum Gasteiger partial charge on any atom is 0.0748 e. The molecule has 0 spiro atoms. The van der Waals surface area contributed by atoms with Crippen LogP contribution in [0.5, 0.6) is 0 Å². The third-order valence-corrected chi connectivity index (χ3v) is 3.24. The molecule has 2 aromatic carbocycles. The summed E-state index contributed by atoms with van der Waals surface area (Å²) in [6, 6.07) is 18.9. The molecule has 2 heteroatoms. The third kappa shape index (κ3) is 4.39. The first-order chi connectivity index (χ1) is 9.79. The van der Waals surface area contributed by atoms with Crippen molar-refractivity contribution in [2.24, 2.45) is 0 Å². The lowest BCUT2D eigenvalue weighted by Gasteiger charge is -2.24. The molecule has 0 aliphatic heterocycles. The second-order valence-corrected chi connectivity index (χ2v) is 5.04. The van der Waals surface area contributed by atoms with Gasteiger partial charge in [0.15, 0.2) is 0 Å². The third-order valence-electron chi connectivity index (χ3n) is 3.24. The van der Waals surface area contributed by atoms with E-state index in [1.165, 1.54) is 11.1 Å². The summed E-state index contributed by atoms with van der Waals surface area (Å²) in [5, 5.41) is 1.99. The van der Waals surface area contributed by atoms with Crippen molar-refractivity contribution in [3.05, 3.63) is 65.7 Å². The van der Waals surface area contributed by atoms with Gasteiger partial charge < -0.3 is 0 Å². The van der Waals surface area contributed by atoms with Crippen LogP contribution in [-0.4, -0.2) is 6.61 Å². The van der Waals surface area contributed by atoms with E-state index in [9.17, 15) is 0 Å². The molecule has 0 unspecified atom stereocenters. The van der Waals surface area contributed by atoms with Crippen LogP contribution in [0.4, 0.5) is 5.69 Å². The highest BCUT2D eigenvalue weighted by molar-refractivity contribution is 5.45. The lowest BCUT2D eigenvalue weighted by atomic mass is 10.2. The lowest BCUT2D eigenvalue weighted by Crippen LogP contribution is -2.23. The summed E-state index contributed by atoms with van der Waals surface area (Å²) in [6.07, 6.45) is 2.23. The van der Waals surface area contributed by atoms with E-state index >= 15 is 0 Å². The molecule has 0 bridgehead atoms. The van der Waals surface area contributed by atoms with E-state index in [-0.39, 0.29) is 0 Å². The summed E-state index contributed by atoms with van der Waals surface area (Å²) < 4.78 is 0. The number of hydroxylamine groups is 1. The summed E-state index contributed by atoms with van der Waals surface area (Å²) >= 11 is 0. The largest absolute Gasteiger partial charge is 0.273 e. The molecular formula is C18H23NO. The molecule has 0 saturated heterocycles. The second kappa shape index (κ2) is 7.71. The first-order valence-electron chi connectivity index (χ1n) is 7.30. The van der Waals surface area contributed by atoms with Gasteiger partial charge in [-0.15, -0.1) is 0 Å². The topological polar surface area (TPSA) is 12.5 Å². The number of anilines is 1. The fourth-order valence-corrected chi connectivity index (χ4v) is 1.99. The maximum atomic E-state index is 5.95. The highest BCUT2D eigenvalue weighted by Crippen LogP contribution is 2.18. The number of benzene rings is 2. The van der Waals surface area contributed by atoms with Gasteiger partial charge in [0.25, 0.3) is 0 Å². The average molecular weight is 269 g/mol. The highest BCUT2D eigenvalue weighted by Gasteiger charge is 2.07. The van der Waals surface area contributed by atoms with Crippen LogP contribution in [0.15, 0.2) is 54.6 Å². The molecule has 0 aromatic heterocycles. The molecular weight excluding hydrogens is 246 g/mol. The standard InChI is InChI=1S/C18H23NO/c1-3-4-14-20-19(15-17-8-6-5-7-9-17)18-12-10-16(2)11-13-18/h5-13H,3-4,14-15H2,1-2H3. The Morgan fingerprint density at radius 2 is 1.65 bits per heavy atom. The Morgan fingerprint density at radius 1 is 0.950 bits per heavy atom. The van der Waals surface area contributed by atoms with Crippen LogP contribution in [-0.2, 0) is 11.4 Å². The van der Waals surface area contributed by atoms with Crippen molar-refractivity contribution < 1.29 is 4.84 Å². The van der Waals surface area contributed by atoms with Crippen LogP contribution >= 0.6 is 0 Å². The molecule has 2 rings (SSSR count). The molecule has 0 atom stereocenters. The molecule has 0 aliphatic rings. The van der Waals surface area contributed by atoms with E-state index in [0.29, 0.717) is 0 Å². The van der Waals surface area contributed by atoms with Crippen LogP contribution in [0, 0.1) is 6.92 Å². The smallest absolute Gasteiger partial charge is 0.0748 e. The van der Waals surface area contributed by atoms with Crippen molar-refractivity contribution in [1.29, 1.82) is 0 Å². The van der Waals surface area contributed by atoms with Crippen molar-refractivity contribution in [1.82, 2.24) is 0 Å². The SMILES string of the molecule is CCCCON(Cc1ccccc1)c1ccc(C)cc1. The number of unbranched alkanes of at least 4 members (excludes halogenated alkanes) is 1. The number of hydrogen-bond donors (Lipinski definition) is 0. The minimum absolute atomic E-state index is 0.761. The van der Waals surface area contributed by atoms with Crippen LogP contribution in [0.2, 0.25) is 0 Å². The minimum Gasteiger partial charge on any atom is -0.273 e. The normalized spacial score (nSPS) is 10.5. The van der Waals surface area contributed by atoms with Crippen molar-refractivity contribution in [3.63, 3.8) is 0 Å².